The van der Waals surface area contributed by atoms with Gasteiger partial charge in [0.15, 0.2) is 5.03 Å². The van der Waals surface area contributed by atoms with Crippen LogP contribution in [0, 0.1) is 19.8 Å². The second kappa shape index (κ2) is 8.56. The van der Waals surface area contributed by atoms with Gasteiger partial charge < -0.3 is 13.7 Å². The molecule has 0 unspecified atom stereocenters. The lowest BCUT2D eigenvalue weighted by Crippen LogP contribution is -2.40. The Morgan fingerprint density at radius 2 is 2.03 bits per heavy atom. The molecule has 0 atom stereocenters. The number of hydrogen-bond acceptors (Lipinski definition) is 8. The minimum Gasteiger partial charge on any atom is -0.459 e. The first-order valence-electron chi connectivity index (χ1n) is 9.92. The molecule has 0 N–H and O–H groups in total. The van der Waals surface area contributed by atoms with Gasteiger partial charge in [0.2, 0.25) is 5.89 Å². The van der Waals surface area contributed by atoms with Gasteiger partial charge in [-0.1, -0.05) is 6.07 Å². The summed E-state index contributed by atoms with van der Waals surface area (Å²) in [6.07, 6.45) is 2.32. The molecule has 1 saturated heterocycles. The van der Waals surface area contributed by atoms with E-state index in [1.165, 1.54) is 21.8 Å². The van der Waals surface area contributed by atoms with E-state index in [0.717, 1.165) is 4.88 Å². The van der Waals surface area contributed by atoms with Crippen molar-refractivity contribution in [2.75, 3.05) is 13.1 Å². The highest BCUT2D eigenvalue weighted by atomic mass is 32.2. The van der Waals surface area contributed by atoms with Crippen molar-refractivity contribution in [3.63, 3.8) is 0 Å². The van der Waals surface area contributed by atoms with Crippen LogP contribution in [0.1, 0.15) is 30.1 Å². The molecule has 0 amide bonds. The van der Waals surface area contributed by atoms with Crippen molar-refractivity contribution >= 4 is 27.3 Å². The number of thiophene rings is 1. The van der Waals surface area contributed by atoms with Crippen molar-refractivity contribution in [1.82, 2.24) is 18.8 Å². The Morgan fingerprint density at radius 1 is 1.29 bits per heavy atom. The molecule has 31 heavy (non-hydrogen) atoms. The van der Waals surface area contributed by atoms with Crippen molar-refractivity contribution in [1.29, 1.82) is 0 Å². The number of piperidine rings is 1. The molecule has 1 fully saturated rings. The highest BCUT2D eigenvalue weighted by Crippen LogP contribution is 2.27. The number of aromatic nitrogens is 3. The third-order valence-electron chi connectivity index (χ3n) is 5.45. The summed E-state index contributed by atoms with van der Waals surface area (Å²) in [6.45, 7) is 4.08. The normalized spacial score (nSPS) is 16.0. The predicted octanol–water partition coefficient (Wildman–Crippen LogP) is 2.90. The van der Waals surface area contributed by atoms with Gasteiger partial charge in [0.25, 0.3) is 10.0 Å². The molecule has 3 aromatic heterocycles. The van der Waals surface area contributed by atoms with Gasteiger partial charge in [-0.05, 0) is 38.1 Å². The molecule has 0 spiro atoms. The minimum absolute atomic E-state index is 0.0330. The summed E-state index contributed by atoms with van der Waals surface area (Å²) in [6, 6.07) is 3.83. The first kappa shape index (κ1) is 21.7. The SMILES string of the molecule is Cc1oc(-c2cccs2)nc1COC(=O)C1CCN(S(=O)(=O)c2cn(C)c(C)n2)CC1. The van der Waals surface area contributed by atoms with Crippen LogP contribution in [-0.2, 0) is 33.2 Å². The Balaban J connectivity index is 1.33. The molecular formula is C20H24N4O5S2. The Bertz CT molecular complexity index is 1150. The average molecular weight is 465 g/mol. The summed E-state index contributed by atoms with van der Waals surface area (Å²) in [5.41, 5.74) is 0.585. The van der Waals surface area contributed by atoms with Crippen molar-refractivity contribution in [3.05, 3.63) is 41.0 Å². The molecule has 3 aromatic rings. The predicted molar refractivity (Wildman–Crippen MR) is 114 cm³/mol. The molecule has 0 bridgehead atoms. The van der Waals surface area contributed by atoms with E-state index in [1.54, 1.807) is 25.5 Å². The average Bonchev–Trinajstić information content (AvgIpc) is 3.48. The van der Waals surface area contributed by atoms with Gasteiger partial charge in [-0.3, -0.25) is 4.79 Å². The first-order chi connectivity index (χ1) is 14.8. The highest BCUT2D eigenvalue weighted by molar-refractivity contribution is 7.89. The molecule has 0 saturated carbocycles. The number of imidazole rings is 1. The van der Waals surface area contributed by atoms with E-state index < -0.39 is 10.0 Å². The van der Waals surface area contributed by atoms with Gasteiger partial charge in [0.1, 0.15) is 23.9 Å². The molecule has 166 valence electrons. The number of rotatable bonds is 6. The van der Waals surface area contributed by atoms with Gasteiger partial charge in [0.05, 0.1) is 10.8 Å². The van der Waals surface area contributed by atoms with E-state index in [1.807, 2.05) is 17.5 Å². The van der Waals surface area contributed by atoms with E-state index in [-0.39, 0.29) is 36.6 Å². The molecule has 4 rings (SSSR count). The zero-order valence-corrected chi connectivity index (χ0v) is 19.2. The number of esters is 1. The van der Waals surface area contributed by atoms with Crippen LogP contribution in [0.4, 0.5) is 0 Å². The number of hydrogen-bond donors (Lipinski definition) is 0. The maximum absolute atomic E-state index is 12.8. The summed E-state index contributed by atoms with van der Waals surface area (Å²) >= 11 is 1.52. The number of aryl methyl sites for hydroxylation is 3. The van der Waals surface area contributed by atoms with Crippen LogP contribution < -0.4 is 0 Å². The van der Waals surface area contributed by atoms with Crippen LogP contribution in [0.2, 0.25) is 0 Å². The van der Waals surface area contributed by atoms with E-state index in [2.05, 4.69) is 9.97 Å². The number of oxazole rings is 1. The van der Waals surface area contributed by atoms with Crippen LogP contribution in [0.3, 0.4) is 0 Å². The fourth-order valence-corrected chi connectivity index (χ4v) is 5.58. The van der Waals surface area contributed by atoms with Crippen LogP contribution in [0.5, 0.6) is 0 Å². The lowest BCUT2D eigenvalue weighted by Gasteiger charge is -2.29. The lowest BCUT2D eigenvalue weighted by molar-refractivity contribution is -0.151. The maximum atomic E-state index is 12.8. The van der Waals surface area contributed by atoms with Crippen molar-refractivity contribution in [2.24, 2.45) is 13.0 Å². The van der Waals surface area contributed by atoms with E-state index >= 15 is 0 Å². The second-order valence-electron chi connectivity index (χ2n) is 7.52. The molecule has 4 heterocycles. The van der Waals surface area contributed by atoms with Gasteiger partial charge in [-0.2, -0.15) is 4.31 Å². The molecule has 11 heteroatoms. The van der Waals surface area contributed by atoms with Crippen LogP contribution in [0.15, 0.2) is 33.2 Å². The summed E-state index contributed by atoms with van der Waals surface area (Å²) < 4.78 is 39.8. The second-order valence-corrected chi connectivity index (χ2v) is 10.4. The van der Waals surface area contributed by atoms with E-state index in [0.29, 0.717) is 36.0 Å². The number of ether oxygens (including phenoxy) is 1. The summed E-state index contributed by atoms with van der Waals surface area (Å²) in [5, 5.41) is 1.98. The molecule has 1 aliphatic heterocycles. The van der Waals surface area contributed by atoms with Crippen LogP contribution >= 0.6 is 11.3 Å². The summed E-state index contributed by atoms with van der Waals surface area (Å²) in [5.74, 6) is 1.07. The molecule has 0 radical (unpaired) electrons. The topological polar surface area (TPSA) is 108 Å². The third-order valence-corrected chi connectivity index (χ3v) is 8.08. The maximum Gasteiger partial charge on any atom is 0.309 e. The molecule has 9 nitrogen and oxygen atoms in total. The highest BCUT2D eigenvalue weighted by Gasteiger charge is 2.34. The van der Waals surface area contributed by atoms with Crippen LogP contribution in [0.25, 0.3) is 10.8 Å². The molecule has 1 aliphatic rings. The monoisotopic (exact) mass is 464 g/mol. The van der Waals surface area contributed by atoms with Gasteiger partial charge in [-0.15, -0.1) is 11.3 Å². The summed E-state index contributed by atoms with van der Waals surface area (Å²) in [7, 11) is -1.91. The largest absolute Gasteiger partial charge is 0.459 e. The number of sulfonamides is 1. The Hall–Kier alpha value is -2.50. The van der Waals surface area contributed by atoms with E-state index in [9.17, 15) is 13.2 Å². The van der Waals surface area contributed by atoms with Crippen molar-refractivity contribution in [2.45, 2.75) is 38.3 Å². The standard InChI is InChI=1S/C20H24N4O5S2/c1-13-16(22-19(29-13)17-5-4-10-30-17)12-28-20(25)15-6-8-24(9-7-15)31(26,27)18-11-23(3)14(2)21-18/h4-5,10-11,15H,6-9,12H2,1-3H3. The van der Waals surface area contributed by atoms with Crippen molar-refractivity contribution < 1.29 is 22.4 Å². The van der Waals surface area contributed by atoms with Gasteiger partial charge in [-0.25, -0.2) is 18.4 Å². The number of carbonyl (C=O) groups excluding carboxylic acids is 1. The smallest absolute Gasteiger partial charge is 0.309 e. The Kier molecular flexibility index (Phi) is 6.00. The van der Waals surface area contributed by atoms with Crippen molar-refractivity contribution in [3.8, 4) is 10.8 Å². The summed E-state index contributed by atoms with van der Waals surface area (Å²) in [4.78, 5) is 22.0. The third kappa shape index (κ3) is 4.43. The fourth-order valence-electron chi connectivity index (χ4n) is 3.44. The minimum atomic E-state index is -3.66. The van der Waals surface area contributed by atoms with E-state index in [4.69, 9.17) is 9.15 Å². The Morgan fingerprint density at radius 3 is 2.65 bits per heavy atom. The first-order valence-corrected chi connectivity index (χ1v) is 12.2. The van der Waals surface area contributed by atoms with Crippen LogP contribution in [-0.4, -0.2) is 46.3 Å². The zero-order chi connectivity index (χ0) is 22.2. The Labute approximate surface area is 184 Å². The fraction of sp³-hybridized carbons (Fsp3) is 0.450. The number of carbonyl (C=O) groups is 1. The quantitative estimate of drug-likeness (QED) is 0.516. The van der Waals surface area contributed by atoms with Gasteiger partial charge >= 0.3 is 5.97 Å². The molecule has 0 aliphatic carbocycles. The molecule has 0 aromatic carbocycles. The molecular weight excluding hydrogens is 440 g/mol. The van der Waals surface area contributed by atoms with Gasteiger partial charge in [0, 0.05) is 26.3 Å². The lowest BCUT2D eigenvalue weighted by atomic mass is 9.98. The zero-order valence-electron chi connectivity index (χ0n) is 17.6. The number of nitrogens with zero attached hydrogens (tertiary/aromatic N) is 4.